The van der Waals surface area contributed by atoms with Gasteiger partial charge in [-0.1, -0.05) is 62.4 Å². The molecule has 0 amide bonds. The molecule has 0 radical (unpaired) electrons. The Kier molecular flexibility index (Phi) is 7.23. The number of rotatable bonds is 9. The third-order valence-corrected chi connectivity index (χ3v) is 9.02. The number of allylic oxidation sites excluding steroid dienone is 3. The van der Waals surface area contributed by atoms with Gasteiger partial charge in [0.25, 0.3) is 0 Å². The molecule has 0 atom stereocenters. The van der Waals surface area contributed by atoms with Crippen LogP contribution in [-0.2, 0) is 19.8 Å². The monoisotopic (exact) mass is 530 g/mol. The number of anilines is 2. The van der Waals surface area contributed by atoms with Crippen molar-refractivity contribution >= 4 is 40.7 Å². The van der Waals surface area contributed by atoms with Gasteiger partial charge >= 0.3 is 5.97 Å². The predicted octanol–water partition coefficient (Wildman–Crippen LogP) is 6.17. The fourth-order valence-electron chi connectivity index (χ4n) is 5.81. The molecular formula is C31H34N2O4S. The largest absolute Gasteiger partial charge is 0.481 e. The van der Waals surface area contributed by atoms with Crippen molar-refractivity contribution in [2.45, 2.75) is 56.8 Å². The number of hydrogen-bond acceptors (Lipinski definition) is 6. The number of ketones is 2. The van der Waals surface area contributed by atoms with Crippen LogP contribution in [0.25, 0.3) is 0 Å². The number of carbonyl (C=O) groups is 3. The SMILES string of the molecule is CCN1/C(=C\C2C(=O)C(/C=C3/N(CCCCCC(=O)O)c4ccccc4C3(C)C)C2=O)Sc2ccccc21. The van der Waals surface area contributed by atoms with Gasteiger partial charge < -0.3 is 14.9 Å². The molecule has 1 aliphatic carbocycles. The van der Waals surface area contributed by atoms with Crippen molar-refractivity contribution in [2.75, 3.05) is 22.9 Å². The molecule has 1 saturated carbocycles. The zero-order valence-corrected chi connectivity index (χ0v) is 23.0. The lowest BCUT2D eigenvalue weighted by molar-refractivity contribution is -0.146. The smallest absolute Gasteiger partial charge is 0.303 e. The van der Waals surface area contributed by atoms with Crippen LogP contribution in [0.15, 0.2) is 76.3 Å². The van der Waals surface area contributed by atoms with Crippen molar-refractivity contribution in [3.05, 3.63) is 77.0 Å². The molecule has 0 spiro atoms. The summed E-state index contributed by atoms with van der Waals surface area (Å²) in [7, 11) is 0. The Morgan fingerprint density at radius 3 is 2.29 bits per heavy atom. The Morgan fingerprint density at radius 1 is 0.921 bits per heavy atom. The van der Waals surface area contributed by atoms with Crippen LogP contribution >= 0.6 is 11.8 Å². The summed E-state index contributed by atoms with van der Waals surface area (Å²) >= 11 is 1.61. The van der Waals surface area contributed by atoms with Crippen LogP contribution in [0.4, 0.5) is 11.4 Å². The summed E-state index contributed by atoms with van der Waals surface area (Å²) in [6.07, 6.45) is 6.20. The van der Waals surface area contributed by atoms with Crippen molar-refractivity contribution < 1.29 is 19.5 Å². The van der Waals surface area contributed by atoms with Crippen LogP contribution in [-0.4, -0.2) is 35.7 Å². The Balaban J connectivity index is 1.36. The van der Waals surface area contributed by atoms with Crippen LogP contribution < -0.4 is 9.80 Å². The third kappa shape index (κ3) is 4.57. The van der Waals surface area contributed by atoms with Gasteiger partial charge in [-0.2, -0.15) is 0 Å². The number of thioether (sulfide) groups is 1. The molecule has 6 nitrogen and oxygen atoms in total. The molecule has 2 aromatic carbocycles. The van der Waals surface area contributed by atoms with Crippen molar-refractivity contribution in [1.29, 1.82) is 0 Å². The maximum absolute atomic E-state index is 13.4. The van der Waals surface area contributed by atoms with Crippen molar-refractivity contribution in [1.82, 2.24) is 0 Å². The molecule has 2 aromatic rings. The molecule has 3 aliphatic rings. The summed E-state index contributed by atoms with van der Waals surface area (Å²) in [6, 6.07) is 16.4. The molecule has 5 rings (SSSR count). The highest BCUT2D eigenvalue weighted by Gasteiger charge is 2.49. The summed E-state index contributed by atoms with van der Waals surface area (Å²) < 4.78 is 0. The van der Waals surface area contributed by atoms with Gasteiger partial charge in [0.1, 0.15) is 0 Å². The molecule has 0 bridgehead atoms. The van der Waals surface area contributed by atoms with E-state index in [2.05, 4.69) is 54.8 Å². The normalized spacial score (nSPS) is 23.7. The first kappa shape index (κ1) is 26.3. The molecular weight excluding hydrogens is 496 g/mol. The van der Waals surface area contributed by atoms with E-state index in [9.17, 15) is 14.4 Å². The summed E-state index contributed by atoms with van der Waals surface area (Å²) in [5.41, 5.74) is 4.03. The topological polar surface area (TPSA) is 77.9 Å². The molecule has 38 heavy (non-hydrogen) atoms. The van der Waals surface area contributed by atoms with E-state index in [-0.39, 0.29) is 23.4 Å². The van der Waals surface area contributed by atoms with Crippen molar-refractivity contribution in [3.8, 4) is 0 Å². The number of unbranched alkanes of at least 4 members (excludes halogenated alkanes) is 2. The number of fused-ring (bicyclic) bond motifs is 2. The minimum Gasteiger partial charge on any atom is -0.481 e. The van der Waals surface area contributed by atoms with Gasteiger partial charge in [-0.25, -0.2) is 0 Å². The van der Waals surface area contributed by atoms with Crippen LogP contribution in [0.5, 0.6) is 0 Å². The number of carbonyl (C=O) groups excluding carboxylic acids is 2. The number of carboxylic acid groups (broad SMARTS) is 1. The number of nitrogens with zero attached hydrogens (tertiary/aromatic N) is 2. The van der Waals surface area contributed by atoms with E-state index >= 15 is 0 Å². The Labute approximate surface area is 228 Å². The highest BCUT2D eigenvalue weighted by Crippen LogP contribution is 2.50. The van der Waals surface area contributed by atoms with Gasteiger partial charge in [0, 0.05) is 41.2 Å². The van der Waals surface area contributed by atoms with Crippen LogP contribution in [0.3, 0.4) is 0 Å². The number of aliphatic carboxylic acids is 1. The lowest BCUT2D eigenvalue weighted by Gasteiger charge is -2.33. The average Bonchev–Trinajstić information content (AvgIpc) is 3.36. The van der Waals surface area contributed by atoms with Gasteiger partial charge in [0.2, 0.25) is 0 Å². The maximum Gasteiger partial charge on any atom is 0.303 e. The minimum absolute atomic E-state index is 0.0456. The molecule has 0 aromatic heterocycles. The van der Waals surface area contributed by atoms with Gasteiger partial charge in [-0.3, -0.25) is 14.4 Å². The summed E-state index contributed by atoms with van der Waals surface area (Å²) in [4.78, 5) is 43.1. The van der Waals surface area contributed by atoms with E-state index in [1.54, 1.807) is 11.8 Å². The van der Waals surface area contributed by atoms with E-state index < -0.39 is 17.8 Å². The van der Waals surface area contributed by atoms with Gasteiger partial charge in [-0.05, 0) is 55.7 Å². The average molecular weight is 531 g/mol. The van der Waals surface area contributed by atoms with E-state index in [0.29, 0.717) is 6.42 Å². The second-order valence-electron chi connectivity index (χ2n) is 10.6. The quantitative estimate of drug-likeness (QED) is 0.307. The van der Waals surface area contributed by atoms with Gasteiger partial charge in [-0.15, -0.1) is 0 Å². The Bertz CT molecular complexity index is 1330. The molecule has 2 aliphatic heterocycles. The van der Waals surface area contributed by atoms with E-state index in [0.717, 1.165) is 52.9 Å². The molecule has 0 unspecified atom stereocenters. The van der Waals surface area contributed by atoms with Crippen molar-refractivity contribution in [2.24, 2.45) is 11.8 Å². The molecule has 1 fully saturated rings. The second kappa shape index (κ2) is 10.4. The summed E-state index contributed by atoms with van der Waals surface area (Å²) in [5.74, 6) is -2.31. The highest BCUT2D eigenvalue weighted by molar-refractivity contribution is 8.03. The Hall–Kier alpha value is -3.32. The number of para-hydroxylation sites is 2. The molecule has 0 saturated heterocycles. The van der Waals surface area contributed by atoms with Crippen LogP contribution in [0.2, 0.25) is 0 Å². The number of Topliss-reactive ketones (excluding diaryl/α,β-unsaturated/α-hetero) is 2. The van der Waals surface area contributed by atoms with Gasteiger partial charge in [0.15, 0.2) is 11.6 Å². The summed E-state index contributed by atoms with van der Waals surface area (Å²) in [6.45, 7) is 7.84. The predicted molar refractivity (Wildman–Crippen MR) is 151 cm³/mol. The molecule has 198 valence electrons. The molecule has 1 N–H and O–H groups in total. The maximum atomic E-state index is 13.4. The molecule has 2 heterocycles. The van der Waals surface area contributed by atoms with Gasteiger partial charge in [0.05, 0.1) is 22.6 Å². The van der Waals surface area contributed by atoms with E-state index in [1.807, 2.05) is 36.4 Å². The zero-order valence-electron chi connectivity index (χ0n) is 22.1. The van der Waals surface area contributed by atoms with Crippen LogP contribution in [0.1, 0.15) is 52.0 Å². The number of carboxylic acids is 1. The highest BCUT2D eigenvalue weighted by atomic mass is 32.2. The van der Waals surface area contributed by atoms with Crippen LogP contribution in [0, 0.1) is 11.8 Å². The fourth-order valence-corrected chi connectivity index (χ4v) is 7.00. The van der Waals surface area contributed by atoms with E-state index in [1.165, 1.54) is 5.56 Å². The van der Waals surface area contributed by atoms with E-state index in [4.69, 9.17) is 5.11 Å². The second-order valence-corrected chi connectivity index (χ2v) is 11.7. The lowest BCUT2D eigenvalue weighted by atomic mass is 9.70. The third-order valence-electron chi connectivity index (χ3n) is 7.88. The van der Waals surface area contributed by atoms with Crippen molar-refractivity contribution in [3.63, 3.8) is 0 Å². The first-order valence-electron chi connectivity index (χ1n) is 13.4. The summed E-state index contributed by atoms with van der Waals surface area (Å²) in [5, 5.41) is 9.89. The molecule has 7 heteroatoms. The first-order valence-corrected chi connectivity index (χ1v) is 14.2. The number of hydrogen-bond donors (Lipinski definition) is 1. The fraction of sp³-hybridized carbons (Fsp3) is 0.387. The first-order chi connectivity index (χ1) is 18.2. The standard InChI is InChI=1S/C31H34N2O4S/c1-4-32-24-14-9-10-15-25(24)38-27(32)19-21-29(36)20(30(21)37)18-26-31(2,3)22-12-7-8-13-23(22)33(26)17-11-5-6-16-28(34)35/h7-10,12-15,18-21H,4-6,11,16-17H2,1-3H3,(H,34,35)/b26-18+,27-19+. The minimum atomic E-state index is -0.772. The zero-order chi connectivity index (χ0) is 27.0. The Morgan fingerprint density at radius 2 is 1.58 bits per heavy atom. The lowest BCUT2D eigenvalue weighted by Crippen LogP contribution is -2.47. The number of benzene rings is 2.